The van der Waals surface area contributed by atoms with Crippen LogP contribution in [0.1, 0.15) is 15.9 Å². The van der Waals surface area contributed by atoms with E-state index >= 15 is 0 Å². The maximum absolute atomic E-state index is 12.6. The van der Waals surface area contributed by atoms with E-state index in [2.05, 4.69) is 5.32 Å². The van der Waals surface area contributed by atoms with E-state index in [0.29, 0.717) is 0 Å². The van der Waals surface area contributed by atoms with Crippen LogP contribution in [-0.2, 0) is 11.2 Å². The number of carbonyl (C=O) groups excluding carboxylic acids is 2. The van der Waals surface area contributed by atoms with Gasteiger partial charge in [-0.05, 0) is 11.6 Å². The molecule has 1 aliphatic heterocycles. The molecule has 2 aromatic carbocycles. The second kappa shape index (κ2) is 6.13. The Kier molecular flexibility index (Phi) is 4.26. The van der Waals surface area contributed by atoms with Gasteiger partial charge in [-0.2, -0.15) is 0 Å². The van der Waals surface area contributed by atoms with Crippen LogP contribution in [0, 0.1) is 0 Å². The highest BCUT2D eigenvalue weighted by atomic mass is 35.5. The highest BCUT2D eigenvalue weighted by Gasteiger charge is 2.61. The number of amides is 2. The van der Waals surface area contributed by atoms with Crippen molar-refractivity contribution in [3.63, 3.8) is 0 Å². The van der Waals surface area contributed by atoms with Crippen LogP contribution in [0.3, 0.4) is 0 Å². The number of phenols is 2. The number of hydrogen-bond acceptors (Lipinski definition) is 4. The lowest BCUT2D eigenvalue weighted by Crippen LogP contribution is -2.43. The third-order valence-electron chi connectivity index (χ3n) is 4.22. The number of carbonyl (C=O) groups is 2. The van der Waals surface area contributed by atoms with Crippen molar-refractivity contribution in [2.45, 2.75) is 12.1 Å². The van der Waals surface area contributed by atoms with Crippen molar-refractivity contribution in [3.05, 3.63) is 57.6 Å². The van der Waals surface area contributed by atoms with Crippen LogP contribution in [0.5, 0.6) is 11.5 Å². The van der Waals surface area contributed by atoms with Gasteiger partial charge in [0.1, 0.15) is 5.02 Å². The predicted octanol–water partition coefficient (Wildman–Crippen LogP) is 2.55. The van der Waals surface area contributed by atoms with Gasteiger partial charge >= 0.3 is 0 Å². The largest absolute Gasteiger partial charge is 0.505 e. The maximum Gasteiger partial charge on any atom is 0.271 e. The van der Waals surface area contributed by atoms with Gasteiger partial charge in [-0.15, -0.1) is 0 Å². The van der Waals surface area contributed by atoms with Crippen molar-refractivity contribution < 1.29 is 19.8 Å². The summed E-state index contributed by atoms with van der Waals surface area (Å²) in [7, 11) is 1.57. The fourth-order valence-electron chi connectivity index (χ4n) is 2.67. The van der Waals surface area contributed by atoms with Gasteiger partial charge in [0.25, 0.3) is 11.8 Å². The van der Waals surface area contributed by atoms with Crippen molar-refractivity contribution in [3.8, 4) is 11.5 Å². The van der Waals surface area contributed by atoms with Crippen molar-refractivity contribution in [2.75, 3.05) is 7.05 Å². The van der Waals surface area contributed by atoms with Gasteiger partial charge in [-0.3, -0.25) is 9.59 Å². The quantitative estimate of drug-likeness (QED) is 0.711. The minimum Gasteiger partial charge on any atom is -0.505 e. The second-order valence-electron chi connectivity index (χ2n) is 5.76. The van der Waals surface area contributed by atoms with Gasteiger partial charge in [0.15, 0.2) is 11.5 Å². The molecule has 3 rings (SSSR count). The minimum absolute atomic E-state index is 0.180. The molecule has 0 aromatic heterocycles. The van der Waals surface area contributed by atoms with Crippen LogP contribution in [-0.4, -0.2) is 39.6 Å². The molecular formula is C17H14Cl2N2O4. The highest BCUT2D eigenvalue weighted by Crippen LogP contribution is 2.41. The zero-order valence-electron chi connectivity index (χ0n) is 13.1. The van der Waals surface area contributed by atoms with E-state index in [1.54, 1.807) is 7.05 Å². The molecule has 1 unspecified atom stereocenters. The summed E-state index contributed by atoms with van der Waals surface area (Å²) in [6, 6.07) is 10.3. The standard InChI is InChI=1S/C17H14Cl2N2O4/c1-21-16(25)17(21,8-9-5-3-2-4-6-9)20-15(24)10-7-11(18)14(23)12(19)13(10)22/h2-7,22-23H,8H2,1H3,(H,20,24). The number of likely N-dealkylation sites (N-methyl/N-ethyl adjacent to an activating group) is 1. The van der Waals surface area contributed by atoms with E-state index in [9.17, 15) is 19.8 Å². The Morgan fingerprint density at radius 3 is 2.36 bits per heavy atom. The van der Waals surface area contributed by atoms with Crippen LogP contribution in [0.2, 0.25) is 10.0 Å². The van der Waals surface area contributed by atoms with Crippen LogP contribution in [0.15, 0.2) is 36.4 Å². The SMILES string of the molecule is CN1C(=O)C1(Cc1ccccc1)NC(=O)c1cc(Cl)c(O)c(Cl)c1O. The number of rotatable bonds is 4. The average Bonchev–Trinajstić information content (AvgIpc) is 3.09. The third-order valence-corrected chi connectivity index (χ3v) is 4.86. The number of nitrogens with zero attached hydrogens (tertiary/aromatic N) is 1. The smallest absolute Gasteiger partial charge is 0.271 e. The Bertz CT molecular complexity index is 873. The molecule has 3 N–H and O–H groups in total. The molecule has 1 aliphatic rings. The number of hydrogen-bond donors (Lipinski definition) is 3. The summed E-state index contributed by atoms with van der Waals surface area (Å²) in [5.41, 5.74) is -0.554. The Balaban J connectivity index is 1.90. The van der Waals surface area contributed by atoms with Crippen LogP contribution >= 0.6 is 23.2 Å². The zero-order valence-corrected chi connectivity index (χ0v) is 14.6. The molecule has 8 heteroatoms. The first-order valence-corrected chi connectivity index (χ1v) is 8.08. The summed E-state index contributed by atoms with van der Waals surface area (Å²) in [6.45, 7) is 0. The minimum atomic E-state index is -1.19. The fraction of sp³-hybridized carbons (Fsp3) is 0.176. The van der Waals surface area contributed by atoms with Crippen LogP contribution in [0.25, 0.3) is 0 Å². The summed E-state index contributed by atoms with van der Waals surface area (Å²) < 4.78 is 0. The fourth-order valence-corrected chi connectivity index (χ4v) is 3.13. The Hall–Kier alpha value is -2.44. The molecule has 1 atom stereocenters. The molecule has 6 nitrogen and oxygen atoms in total. The Labute approximate surface area is 153 Å². The number of halogens is 2. The molecule has 2 aromatic rings. The monoisotopic (exact) mass is 380 g/mol. The number of aromatic hydroxyl groups is 2. The zero-order chi connectivity index (χ0) is 18.4. The molecule has 1 saturated heterocycles. The van der Waals surface area contributed by atoms with E-state index in [0.717, 1.165) is 11.6 Å². The lowest BCUT2D eigenvalue weighted by Gasteiger charge is -2.17. The van der Waals surface area contributed by atoms with Gasteiger partial charge in [0, 0.05) is 13.5 Å². The van der Waals surface area contributed by atoms with E-state index < -0.39 is 28.1 Å². The van der Waals surface area contributed by atoms with Crippen molar-refractivity contribution in [2.24, 2.45) is 0 Å². The van der Waals surface area contributed by atoms with E-state index in [4.69, 9.17) is 23.2 Å². The van der Waals surface area contributed by atoms with E-state index in [-0.39, 0.29) is 22.9 Å². The average molecular weight is 381 g/mol. The van der Waals surface area contributed by atoms with Crippen molar-refractivity contribution >= 4 is 35.0 Å². The lowest BCUT2D eigenvalue weighted by molar-refractivity contribution is -0.114. The molecule has 0 saturated carbocycles. The topological polar surface area (TPSA) is 89.6 Å². The van der Waals surface area contributed by atoms with E-state index in [1.807, 2.05) is 30.3 Å². The van der Waals surface area contributed by atoms with Crippen molar-refractivity contribution in [1.82, 2.24) is 10.2 Å². The highest BCUT2D eigenvalue weighted by molar-refractivity contribution is 6.38. The molecule has 0 aliphatic carbocycles. The number of benzene rings is 2. The molecule has 0 radical (unpaired) electrons. The first-order valence-electron chi connectivity index (χ1n) is 7.32. The lowest BCUT2D eigenvalue weighted by atomic mass is 10.0. The molecule has 130 valence electrons. The van der Waals surface area contributed by atoms with Gasteiger partial charge < -0.3 is 20.4 Å². The summed E-state index contributed by atoms with van der Waals surface area (Å²) in [5.74, 6) is -2.10. The third kappa shape index (κ3) is 2.88. The normalized spacial score (nSPS) is 19.0. The van der Waals surface area contributed by atoms with Gasteiger partial charge in [-0.1, -0.05) is 53.5 Å². The summed E-state index contributed by atoms with van der Waals surface area (Å²) in [4.78, 5) is 26.1. The summed E-state index contributed by atoms with van der Waals surface area (Å²) >= 11 is 11.6. The molecule has 25 heavy (non-hydrogen) atoms. The second-order valence-corrected chi connectivity index (χ2v) is 6.54. The molecule has 1 heterocycles. The maximum atomic E-state index is 12.6. The van der Waals surface area contributed by atoms with Crippen molar-refractivity contribution in [1.29, 1.82) is 0 Å². The molecule has 0 spiro atoms. The van der Waals surface area contributed by atoms with Crippen LogP contribution in [0.4, 0.5) is 0 Å². The first kappa shape index (κ1) is 17.4. The molecule has 1 fully saturated rings. The molecule has 2 amide bonds. The Morgan fingerprint density at radius 1 is 1.20 bits per heavy atom. The Morgan fingerprint density at radius 2 is 1.80 bits per heavy atom. The number of phenolic OH excluding ortho intramolecular Hbond substituents is 2. The van der Waals surface area contributed by atoms with Crippen LogP contribution < -0.4 is 5.32 Å². The summed E-state index contributed by atoms with van der Waals surface area (Å²) in [5, 5.41) is 21.6. The number of nitrogens with one attached hydrogen (secondary N) is 1. The predicted molar refractivity (Wildman–Crippen MR) is 92.9 cm³/mol. The first-order chi connectivity index (χ1) is 11.8. The van der Waals surface area contributed by atoms with Gasteiger partial charge in [-0.25, -0.2) is 0 Å². The molecule has 0 bridgehead atoms. The molecular weight excluding hydrogens is 367 g/mol. The van der Waals surface area contributed by atoms with E-state index in [1.165, 1.54) is 4.90 Å². The summed E-state index contributed by atoms with van der Waals surface area (Å²) in [6.07, 6.45) is 0.273. The van der Waals surface area contributed by atoms with Gasteiger partial charge in [0.05, 0.1) is 10.6 Å². The van der Waals surface area contributed by atoms with Gasteiger partial charge in [0.2, 0.25) is 5.66 Å².